The molecule has 1 heterocycles. The molecule has 23 heavy (non-hydrogen) atoms. The monoisotopic (exact) mass is 316 g/mol. The molecule has 0 saturated carbocycles. The van der Waals surface area contributed by atoms with Crippen molar-refractivity contribution < 1.29 is 9.59 Å². The number of carbonyl (C=O) groups excluding carboxylic acids is 2. The van der Waals surface area contributed by atoms with Crippen LogP contribution in [0.1, 0.15) is 44.2 Å². The Hall–Kier alpha value is -1.84. The van der Waals surface area contributed by atoms with Gasteiger partial charge in [-0.05, 0) is 43.7 Å². The van der Waals surface area contributed by atoms with E-state index in [1.807, 2.05) is 36.9 Å². The van der Waals surface area contributed by atoms with E-state index in [0.717, 1.165) is 29.7 Å². The number of carbonyl (C=O) groups is 2. The normalized spacial score (nSPS) is 15.8. The number of benzene rings is 1. The summed E-state index contributed by atoms with van der Waals surface area (Å²) in [5, 5.41) is 3.08. The molecule has 1 fully saturated rings. The van der Waals surface area contributed by atoms with Gasteiger partial charge in [0.25, 0.3) is 0 Å². The first-order valence-corrected chi connectivity index (χ1v) is 8.53. The number of amides is 2. The Balaban J connectivity index is 1.90. The largest absolute Gasteiger partial charge is 0.343 e. The lowest BCUT2D eigenvalue weighted by atomic mass is 9.94. The van der Waals surface area contributed by atoms with Crippen LogP contribution >= 0.6 is 0 Å². The lowest BCUT2D eigenvalue weighted by Gasteiger charge is -2.32. The van der Waals surface area contributed by atoms with Gasteiger partial charge in [0.15, 0.2) is 0 Å². The van der Waals surface area contributed by atoms with E-state index in [1.54, 1.807) is 0 Å². The second-order valence-electron chi connectivity index (χ2n) is 7.01. The summed E-state index contributed by atoms with van der Waals surface area (Å²) >= 11 is 0. The Bertz CT molecular complexity index is 552. The SMILES string of the molecule is Cc1cccc(C)c1NC(=O)C1CCN(C(=O)CC(C)C)CC1. The van der Waals surface area contributed by atoms with Crippen LogP contribution in [0.15, 0.2) is 18.2 Å². The zero-order valence-corrected chi connectivity index (χ0v) is 14.7. The van der Waals surface area contributed by atoms with Gasteiger partial charge >= 0.3 is 0 Å². The Kier molecular flexibility index (Phi) is 5.80. The summed E-state index contributed by atoms with van der Waals surface area (Å²) in [4.78, 5) is 26.5. The molecule has 0 aliphatic carbocycles. The van der Waals surface area contributed by atoms with Gasteiger partial charge in [0.1, 0.15) is 0 Å². The molecule has 0 atom stereocenters. The first-order chi connectivity index (χ1) is 10.9. The lowest BCUT2D eigenvalue weighted by molar-refractivity contribution is -0.135. The number of para-hydroxylation sites is 1. The number of nitrogens with zero attached hydrogens (tertiary/aromatic N) is 1. The number of hydrogen-bond donors (Lipinski definition) is 1. The third kappa shape index (κ3) is 4.57. The summed E-state index contributed by atoms with van der Waals surface area (Å²) in [6.45, 7) is 9.52. The van der Waals surface area contributed by atoms with Crippen LogP contribution in [0.5, 0.6) is 0 Å². The van der Waals surface area contributed by atoms with Crippen molar-refractivity contribution >= 4 is 17.5 Å². The van der Waals surface area contributed by atoms with Crippen LogP contribution in [0, 0.1) is 25.7 Å². The van der Waals surface area contributed by atoms with E-state index in [2.05, 4.69) is 19.2 Å². The molecule has 0 unspecified atom stereocenters. The molecule has 0 bridgehead atoms. The molecule has 1 aromatic carbocycles. The molecular weight excluding hydrogens is 288 g/mol. The minimum Gasteiger partial charge on any atom is -0.343 e. The van der Waals surface area contributed by atoms with Gasteiger partial charge < -0.3 is 10.2 Å². The molecule has 1 saturated heterocycles. The summed E-state index contributed by atoms with van der Waals surface area (Å²) in [6.07, 6.45) is 2.10. The third-order valence-electron chi connectivity index (χ3n) is 4.53. The predicted molar refractivity (Wildman–Crippen MR) is 93.3 cm³/mol. The number of piperidine rings is 1. The first kappa shape index (κ1) is 17.5. The average molecular weight is 316 g/mol. The quantitative estimate of drug-likeness (QED) is 0.924. The number of aryl methyl sites for hydroxylation is 2. The van der Waals surface area contributed by atoms with Crippen LogP contribution < -0.4 is 5.32 Å². The van der Waals surface area contributed by atoms with Gasteiger partial charge in [-0.1, -0.05) is 32.0 Å². The van der Waals surface area contributed by atoms with Crippen molar-refractivity contribution in [2.45, 2.75) is 47.0 Å². The Morgan fingerprint density at radius 3 is 2.26 bits per heavy atom. The van der Waals surface area contributed by atoms with Gasteiger partial charge in [-0.15, -0.1) is 0 Å². The summed E-state index contributed by atoms with van der Waals surface area (Å²) in [5.74, 6) is 0.677. The first-order valence-electron chi connectivity index (χ1n) is 8.53. The fraction of sp³-hybridized carbons (Fsp3) is 0.579. The highest BCUT2D eigenvalue weighted by atomic mass is 16.2. The topological polar surface area (TPSA) is 49.4 Å². The zero-order chi connectivity index (χ0) is 17.0. The van der Waals surface area contributed by atoms with Crippen molar-refractivity contribution in [1.82, 2.24) is 4.90 Å². The maximum atomic E-state index is 12.5. The molecule has 4 heteroatoms. The summed E-state index contributed by atoms with van der Waals surface area (Å²) in [7, 11) is 0. The Labute approximate surface area is 139 Å². The van der Waals surface area contributed by atoms with Crippen LogP contribution in [0.25, 0.3) is 0 Å². The van der Waals surface area contributed by atoms with E-state index in [0.29, 0.717) is 25.4 Å². The summed E-state index contributed by atoms with van der Waals surface area (Å²) < 4.78 is 0. The van der Waals surface area contributed by atoms with Crippen LogP contribution in [-0.4, -0.2) is 29.8 Å². The van der Waals surface area contributed by atoms with Crippen molar-refractivity contribution in [3.05, 3.63) is 29.3 Å². The minimum atomic E-state index is -0.00268. The molecular formula is C19H28N2O2. The van der Waals surface area contributed by atoms with Crippen LogP contribution in [0.4, 0.5) is 5.69 Å². The Morgan fingerprint density at radius 2 is 1.74 bits per heavy atom. The van der Waals surface area contributed by atoms with E-state index in [1.165, 1.54) is 0 Å². The highest BCUT2D eigenvalue weighted by molar-refractivity contribution is 5.94. The van der Waals surface area contributed by atoms with Crippen molar-refractivity contribution in [2.24, 2.45) is 11.8 Å². The summed E-state index contributed by atoms with van der Waals surface area (Å²) in [6, 6.07) is 6.02. The molecule has 2 amide bonds. The third-order valence-corrected chi connectivity index (χ3v) is 4.53. The molecule has 0 spiro atoms. The molecule has 1 aliphatic heterocycles. The van der Waals surface area contributed by atoms with Gasteiger partial charge in [0, 0.05) is 31.1 Å². The standard InChI is InChI=1S/C19H28N2O2/c1-13(2)12-17(22)21-10-8-16(9-11-21)19(23)20-18-14(3)6-5-7-15(18)4/h5-7,13,16H,8-12H2,1-4H3,(H,20,23). The smallest absolute Gasteiger partial charge is 0.227 e. The number of hydrogen-bond acceptors (Lipinski definition) is 2. The van der Waals surface area contributed by atoms with Gasteiger partial charge in [0.05, 0.1) is 0 Å². The van der Waals surface area contributed by atoms with Gasteiger partial charge in [0.2, 0.25) is 11.8 Å². The molecule has 126 valence electrons. The molecule has 4 nitrogen and oxygen atoms in total. The molecule has 0 aromatic heterocycles. The molecule has 0 radical (unpaired) electrons. The average Bonchev–Trinajstić information content (AvgIpc) is 2.50. The highest BCUT2D eigenvalue weighted by Crippen LogP contribution is 2.24. The van der Waals surface area contributed by atoms with E-state index >= 15 is 0 Å². The number of nitrogens with one attached hydrogen (secondary N) is 1. The second kappa shape index (κ2) is 7.62. The van der Waals surface area contributed by atoms with Crippen LogP contribution in [0.2, 0.25) is 0 Å². The molecule has 2 rings (SSSR count). The van der Waals surface area contributed by atoms with Gasteiger partial charge in [-0.3, -0.25) is 9.59 Å². The Morgan fingerprint density at radius 1 is 1.17 bits per heavy atom. The molecule has 1 N–H and O–H groups in total. The van der Waals surface area contributed by atoms with Crippen molar-refractivity contribution in [2.75, 3.05) is 18.4 Å². The van der Waals surface area contributed by atoms with Crippen molar-refractivity contribution in [1.29, 1.82) is 0 Å². The van der Waals surface area contributed by atoms with Crippen molar-refractivity contribution in [3.63, 3.8) is 0 Å². The fourth-order valence-electron chi connectivity index (χ4n) is 3.11. The maximum absolute atomic E-state index is 12.5. The van der Waals surface area contributed by atoms with E-state index in [-0.39, 0.29) is 17.7 Å². The number of anilines is 1. The minimum absolute atomic E-state index is 0.00268. The molecule has 1 aromatic rings. The second-order valence-corrected chi connectivity index (χ2v) is 7.01. The van der Waals surface area contributed by atoms with Gasteiger partial charge in [-0.2, -0.15) is 0 Å². The van der Waals surface area contributed by atoms with Gasteiger partial charge in [-0.25, -0.2) is 0 Å². The number of likely N-dealkylation sites (tertiary alicyclic amines) is 1. The maximum Gasteiger partial charge on any atom is 0.227 e. The predicted octanol–water partition coefficient (Wildman–Crippen LogP) is 3.53. The highest BCUT2D eigenvalue weighted by Gasteiger charge is 2.27. The molecule has 1 aliphatic rings. The number of rotatable bonds is 4. The van der Waals surface area contributed by atoms with Crippen molar-refractivity contribution in [3.8, 4) is 0 Å². The van der Waals surface area contributed by atoms with Crippen LogP contribution in [0.3, 0.4) is 0 Å². The van der Waals surface area contributed by atoms with Crippen LogP contribution in [-0.2, 0) is 9.59 Å². The summed E-state index contributed by atoms with van der Waals surface area (Å²) in [5.41, 5.74) is 3.10. The zero-order valence-electron chi connectivity index (χ0n) is 14.7. The van der Waals surface area contributed by atoms with E-state index in [9.17, 15) is 9.59 Å². The van der Waals surface area contributed by atoms with E-state index in [4.69, 9.17) is 0 Å². The van der Waals surface area contributed by atoms with E-state index < -0.39 is 0 Å². The lowest BCUT2D eigenvalue weighted by Crippen LogP contribution is -2.41. The fourth-order valence-corrected chi connectivity index (χ4v) is 3.11.